The summed E-state index contributed by atoms with van der Waals surface area (Å²) in [6.45, 7) is 2.02. The van der Waals surface area contributed by atoms with Gasteiger partial charge in [-0.05, 0) is 35.3 Å². The van der Waals surface area contributed by atoms with E-state index in [1.165, 1.54) is 4.88 Å². The molecule has 0 aliphatic heterocycles. The largest absolute Gasteiger partial charge is 0.328 e. The Morgan fingerprint density at radius 1 is 1.80 bits per heavy atom. The molecule has 1 atom stereocenters. The van der Waals surface area contributed by atoms with Crippen molar-refractivity contribution in [3.63, 3.8) is 0 Å². The Labute approximate surface area is 73.4 Å². The van der Waals surface area contributed by atoms with Crippen LogP contribution < -0.4 is 5.73 Å². The fraction of sp³-hybridized carbons (Fsp3) is 0.429. The predicted octanol–water partition coefficient (Wildman–Crippen LogP) is 2.40. The van der Waals surface area contributed by atoms with Crippen molar-refractivity contribution in [3.8, 4) is 0 Å². The van der Waals surface area contributed by atoms with Crippen molar-refractivity contribution < 1.29 is 0 Å². The van der Waals surface area contributed by atoms with Crippen molar-refractivity contribution in [1.82, 2.24) is 0 Å². The summed E-state index contributed by atoms with van der Waals surface area (Å²) in [6.07, 6.45) is 0.982. The molecule has 0 spiro atoms. The maximum Gasteiger partial charge on any atom is 0.0285 e. The van der Waals surface area contributed by atoms with Gasteiger partial charge in [0.2, 0.25) is 0 Å². The Balaban J connectivity index is 2.58. The monoisotopic (exact) mass is 219 g/mol. The van der Waals surface area contributed by atoms with Crippen LogP contribution >= 0.6 is 27.3 Å². The normalized spacial score (nSPS) is 13.5. The average Bonchev–Trinajstić information content (AvgIpc) is 2.13. The van der Waals surface area contributed by atoms with Gasteiger partial charge in [0, 0.05) is 20.8 Å². The third-order valence-corrected chi connectivity index (χ3v) is 2.86. The molecule has 1 aromatic heterocycles. The molecule has 1 aromatic rings. The summed E-state index contributed by atoms with van der Waals surface area (Å²) in [5, 5.41) is 2.08. The van der Waals surface area contributed by atoms with Gasteiger partial charge in [-0.2, -0.15) is 0 Å². The fourth-order valence-electron chi connectivity index (χ4n) is 0.778. The molecule has 1 heterocycles. The van der Waals surface area contributed by atoms with E-state index in [-0.39, 0.29) is 6.04 Å². The molecule has 3 heteroatoms. The molecule has 0 saturated carbocycles. The highest BCUT2D eigenvalue weighted by Crippen LogP contribution is 2.20. The van der Waals surface area contributed by atoms with E-state index in [1.54, 1.807) is 11.3 Å². The first-order valence-corrected chi connectivity index (χ1v) is 4.84. The Hall–Kier alpha value is 0.140. The highest BCUT2D eigenvalue weighted by Gasteiger charge is 1.99. The van der Waals surface area contributed by atoms with Crippen LogP contribution in [0.15, 0.2) is 15.9 Å². The van der Waals surface area contributed by atoms with E-state index in [1.807, 2.05) is 6.92 Å². The van der Waals surface area contributed by atoms with E-state index in [4.69, 9.17) is 5.73 Å². The second-order valence-corrected chi connectivity index (χ2v) is 4.32. The van der Waals surface area contributed by atoms with Crippen LogP contribution in [0.5, 0.6) is 0 Å². The van der Waals surface area contributed by atoms with Gasteiger partial charge in [-0.3, -0.25) is 0 Å². The SMILES string of the molecule is C[C@@H](N)Cc1cc(Br)cs1. The zero-order valence-electron chi connectivity index (χ0n) is 5.80. The highest BCUT2D eigenvalue weighted by atomic mass is 79.9. The summed E-state index contributed by atoms with van der Waals surface area (Å²) >= 11 is 5.14. The molecule has 1 rings (SSSR count). The first kappa shape index (κ1) is 8.24. The Kier molecular flexibility index (Phi) is 2.89. The Bertz CT molecular complexity index is 207. The average molecular weight is 220 g/mol. The molecule has 0 amide bonds. The molecule has 0 fully saturated rings. The smallest absolute Gasteiger partial charge is 0.0285 e. The minimum absolute atomic E-state index is 0.269. The van der Waals surface area contributed by atoms with Gasteiger partial charge in [-0.15, -0.1) is 11.3 Å². The lowest BCUT2D eigenvalue weighted by atomic mass is 10.2. The third kappa shape index (κ3) is 2.40. The molecule has 0 radical (unpaired) electrons. The molecule has 0 saturated heterocycles. The van der Waals surface area contributed by atoms with Crippen LogP contribution in [0.3, 0.4) is 0 Å². The standard InChI is InChI=1S/C7H10BrNS/c1-5(9)2-7-3-6(8)4-10-7/h3-5H,2,9H2,1H3/t5-/m1/s1. The summed E-state index contributed by atoms with van der Waals surface area (Å²) in [5.41, 5.74) is 5.63. The summed E-state index contributed by atoms with van der Waals surface area (Å²) in [7, 11) is 0. The van der Waals surface area contributed by atoms with Crippen molar-refractivity contribution in [2.45, 2.75) is 19.4 Å². The van der Waals surface area contributed by atoms with Crippen LogP contribution in [-0.4, -0.2) is 6.04 Å². The van der Waals surface area contributed by atoms with Crippen molar-refractivity contribution >= 4 is 27.3 Å². The zero-order chi connectivity index (χ0) is 7.56. The van der Waals surface area contributed by atoms with E-state index in [2.05, 4.69) is 27.4 Å². The van der Waals surface area contributed by atoms with Crippen LogP contribution in [0.2, 0.25) is 0 Å². The quantitative estimate of drug-likeness (QED) is 0.813. The van der Waals surface area contributed by atoms with Gasteiger partial charge >= 0.3 is 0 Å². The summed E-state index contributed by atoms with van der Waals surface area (Å²) in [4.78, 5) is 1.35. The molecule has 0 aliphatic carbocycles. The molecular formula is C7H10BrNS. The molecule has 2 N–H and O–H groups in total. The molecule has 0 aliphatic rings. The Morgan fingerprint density at radius 2 is 2.50 bits per heavy atom. The van der Waals surface area contributed by atoms with Crippen LogP contribution in [0.25, 0.3) is 0 Å². The fourth-order valence-corrected chi connectivity index (χ4v) is 2.37. The molecule has 0 aromatic carbocycles. The highest BCUT2D eigenvalue weighted by molar-refractivity contribution is 9.10. The summed E-state index contributed by atoms with van der Waals surface area (Å²) < 4.78 is 1.16. The van der Waals surface area contributed by atoms with Gasteiger partial charge in [0.1, 0.15) is 0 Å². The summed E-state index contributed by atoms with van der Waals surface area (Å²) in [5.74, 6) is 0. The second-order valence-electron chi connectivity index (χ2n) is 2.41. The van der Waals surface area contributed by atoms with E-state index in [0.29, 0.717) is 0 Å². The maximum atomic E-state index is 5.63. The number of hydrogen-bond donors (Lipinski definition) is 1. The van der Waals surface area contributed by atoms with Gasteiger partial charge in [-0.25, -0.2) is 0 Å². The van der Waals surface area contributed by atoms with Gasteiger partial charge in [0.15, 0.2) is 0 Å². The van der Waals surface area contributed by atoms with Crippen molar-refractivity contribution in [2.75, 3.05) is 0 Å². The lowest BCUT2D eigenvalue weighted by molar-refractivity contribution is 0.746. The molecule has 0 unspecified atom stereocenters. The number of nitrogens with two attached hydrogens (primary N) is 1. The first-order chi connectivity index (χ1) is 4.68. The molecule has 1 nitrogen and oxygen atoms in total. The first-order valence-electron chi connectivity index (χ1n) is 3.17. The molecular weight excluding hydrogens is 210 g/mol. The van der Waals surface area contributed by atoms with Crippen LogP contribution in [0.1, 0.15) is 11.8 Å². The van der Waals surface area contributed by atoms with Crippen molar-refractivity contribution in [3.05, 3.63) is 20.8 Å². The van der Waals surface area contributed by atoms with E-state index < -0.39 is 0 Å². The van der Waals surface area contributed by atoms with Gasteiger partial charge in [-0.1, -0.05) is 0 Å². The minimum Gasteiger partial charge on any atom is -0.328 e. The number of hydrogen-bond acceptors (Lipinski definition) is 2. The van der Waals surface area contributed by atoms with E-state index in [0.717, 1.165) is 10.9 Å². The lowest BCUT2D eigenvalue weighted by Gasteiger charge is -1.99. The van der Waals surface area contributed by atoms with E-state index in [9.17, 15) is 0 Å². The predicted molar refractivity (Wildman–Crippen MR) is 49.4 cm³/mol. The number of thiophene rings is 1. The van der Waals surface area contributed by atoms with Crippen LogP contribution in [0, 0.1) is 0 Å². The molecule has 10 heavy (non-hydrogen) atoms. The van der Waals surface area contributed by atoms with Crippen molar-refractivity contribution in [1.29, 1.82) is 0 Å². The van der Waals surface area contributed by atoms with Crippen molar-refractivity contribution in [2.24, 2.45) is 5.73 Å². The van der Waals surface area contributed by atoms with Crippen LogP contribution in [-0.2, 0) is 6.42 Å². The zero-order valence-corrected chi connectivity index (χ0v) is 8.21. The number of halogens is 1. The Morgan fingerprint density at radius 3 is 2.90 bits per heavy atom. The second kappa shape index (κ2) is 3.51. The minimum atomic E-state index is 0.269. The number of rotatable bonds is 2. The molecule has 56 valence electrons. The summed E-state index contributed by atoms with van der Waals surface area (Å²) in [6, 6.07) is 2.39. The van der Waals surface area contributed by atoms with Gasteiger partial charge < -0.3 is 5.73 Å². The molecule has 0 bridgehead atoms. The van der Waals surface area contributed by atoms with Gasteiger partial charge in [0.05, 0.1) is 0 Å². The van der Waals surface area contributed by atoms with E-state index >= 15 is 0 Å². The lowest BCUT2D eigenvalue weighted by Crippen LogP contribution is -2.16. The third-order valence-electron chi connectivity index (χ3n) is 1.14. The van der Waals surface area contributed by atoms with Crippen LogP contribution in [0.4, 0.5) is 0 Å². The maximum absolute atomic E-state index is 5.63. The topological polar surface area (TPSA) is 26.0 Å². The van der Waals surface area contributed by atoms with Gasteiger partial charge in [0.25, 0.3) is 0 Å².